The van der Waals surface area contributed by atoms with Gasteiger partial charge in [-0.25, -0.2) is 8.42 Å². The molecule has 0 amide bonds. The third kappa shape index (κ3) is 3.32. The number of nitro groups is 1. The van der Waals surface area contributed by atoms with Crippen LogP contribution in [0, 0.1) is 16.0 Å². The van der Waals surface area contributed by atoms with Crippen molar-refractivity contribution >= 4 is 26.4 Å². The number of likely N-dealkylation sites (tertiary alicyclic amines) is 1. The van der Waals surface area contributed by atoms with Crippen LogP contribution in [0.1, 0.15) is 20.3 Å². The monoisotopic (exact) mass is 347 g/mol. The van der Waals surface area contributed by atoms with Gasteiger partial charge in [0.2, 0.25) is 10.0 Å². The molecule has 0 N–H and O–H groups in total. The summed E-state index contributed by atoms with van der Waals surface area (Å²) in [4.78, 5) is 12.5. The lowest BCUT2D eigenvalue weighted by atomic mass is 9.94. The van der Waals surface area contributed by atoms with Crippen molar-refractivity contribution < 1.29 is 13.3 Å². The summed E-state index contributed by atoms with van der Waals surface area (Å²) in [7, 11) is -2.12. The minimum absolute atomic E-state index is 0.0109. The highest BCUT2D eigenvalue weighted by molar-refractivity contribution is 7.89. The first-order chi connectivity index (χ1) is 10.3. The first-order valence-corrected chi connectivity index (χ1v) is 9.52. The second-order valence-corrected chi connectivity index (χ2v) is 8.51. The lowest BCUT2D eigenvalue weighted by Crippen LogP contribution is -2.50. The van der Waals surface area contributed by atoms with Crippen LogP contribution >= 0.6 is 11.3 Å². The summed E-state index contributed by atoms with van der Waals surface area (Å²) in [5.74, 6) is 0.224. The second-order valence-electron chi connectivity index (χ2n) is 5.63. The van der Waals surface area contributed by atoms with Crippen molar-refractivity contribution in [3.05, 3.63) is 21.6 Å². The highest BCUT2D eigenvalue weighted by atomic mass is 32.2. The Morgan fingerprint density at radius 1 is 1.55 bits per heavy atom. The van der Waals surface area contributed by atoms with E-state index in [0.29, 0.717) is 0 Å². The summed E-state index contributed by atoms with van der Waals surface area (Å²) in [6.45, 7) is 6.84. The molecule has 1 aliphatic rings. The molecule has 22 heavy (non-hydrogen) atoms. The lowest BCUT2D eigenvalue weighted by molar-refractivity contribution is -0.380. The van der Waals surface area contributed by atoms with Gasteiger partial charge >= 0.3 is 5.00 Å². The third-order valence-corrected chi connectivity index (χ3v) is 7.17. The van der Waals surface area contributed by atoms with Crippen molar-refractivity contribution in [2.45, 2.75) is 31.2 Å². The summed E-state index contributed by atoms with van der Waals surface area (Å²) in [5.41, 5.74) is 0. The SMILES string of the molecule is CCN1CC[C@@H](N(C)S(=O)(=O)c2csc([N+](=O)[O-])c2)[C@@H](C)C1. The van der Waals surface area contributed by atoms with Crippen molar-refractivity contribution in [1.29, 1.82) is 0 Å². The van der Waals surface area contributed by atoms with Crippen LogP contribution in [0.4, 0.5) is 5.00 Å². The fourth-order valence-corrected chi connectivity index (χ4v) is 5.48. The largest absolute Gasteiger partial charge is 0.325 e. The molecule has 1 aromatic heterocycles. The number of hydrogen-bond acceptors (Lipinski definition) is 6. The molecule has 0 saturated carbocycles. The van der Waals surface area contributed by atoms with E-state index >= 15 is 0 Å². The Morgan fingerprint density at radius 3 is 2.73 bits per heavy atom. The van der Waals surface area contributed by atoms with E-state index in [1.807, 2.05) is 0 Å². The van der Waals surface area contributed by atoms with Gasteiger partial charge in [0, 0.05) is 31.1 Å². The summed E-state index contributed by atoms with van der Waals surface area (Å²) < 4.78 is 26.7. The van der Waals surface area contributed by atoms with Crippen molar-refractivity contribution in [3.8, 4) is 0 Å². The Balaban J connectivity index is 2.19. The molecule has 0 aliphatic carbocycles. The summed E-state index contributed by atoms with van der Waals surface area (Å²) in [5, 5.41) is 11.9. The molecular formula is C13H21N3O4S2. The summed E-state index contributed by atoms with van der Waals surface area (Å²) in [6, 6.07) is 1.06. The number of rotatable bonds is 5. The van der Waals surface area contributed by atoms with E-state index in [9.17, 15) is 18.5 Å². The smallest absolute Gasteiger partial charge is 0.303 e. The zero-order chi connectivity index (χ0) is 16.5. The highest BCUT2D eigenvalue weighted by Crippen LogP contribution is 2.31. The van der Waals surface area contributed by atoms with Gasteiger partial charge in [-0.1, -0.05) is 25.2 Å². The Morgan fingerprint density at radius 2 is 2.23 bits per heavy atom. The fraction of sp³-hybridized carbons (Fsp3) is 0.692. The maximum Gasteiger partial charge on any atom is 0.325 e. The van der Waals surface area contributed by atoms with Crippen LogP contribution in [0.5, 0.6) is 0 Å². The molecule has 2 heterocycles. The molecule has 1 saturated heterocycles. The van der Waals surface area contributed by atoms with Crippen LogP contribution in [-0.2, 0) is 10.0 Å². The van der Waals surface area contributed by atoms with E-state index in [4.69, 9.17) is 0 Å². The van der Waals surface area contributed by atoms with Gasteiger partial charge in [0.15, 0.2) is 0 Å². The molecule has 1 fully saturated rings. The average molecular weight is 347 g/mol. The van der Waals surface area contributed by atoms with E-state index < -0.39 is 14.9 Å². The Kier molecular flexibility index (Phi) is 5.21. The molecule has 0 unspecified atom stereocenters. The van der Waals surface area contributed by atoms with Gasteiger partial charge in [-0.3, -0.25) is 10.1 Å². The Hall–Kier alpha value is -1.03. The average Bonchev–Trinajstić information content (AvgIpc) is 2.97. The second kappa shape index (κ2) is 6.61. The maximum atomic E-state index is 12.7. The minimum Gasteiger partial charge on any atom is -0.303 e. The van der Waals surface area contributed by atoms with Crippen molar-refractivity contribution in [2.75, 3.05) is 26.7 Å². The quantitative estimate of drug-likeness (QED) is 0.601. The number of nitrogens with zero attached hydrogens (tertiary/aromatic N) is 3. The first-order valence-electron chi connectivity index (χ1n) is 7.20. The summed E-state index contributed by atoms with van der Waals surface area (Å²) in [6.07, 6.45) is 0.775. The molecule has 9 heteroatoms. The molecule has 0 radical (unpaired) electrons. The van der Waals surface area contributed by atoms with Crippen molar-refractivity contribution in [3.63, 3.8) is 0 Å². The van der Waals surface area contributed by atoms with E-state index in [1.54, 1.807) is 7.05 Å². The van der Waals surface area contributed by atoms with Gasteiger partial charge in [-0.2, -0.15) is 4.31 Å². The van der Waals surface area contributed by atoms with Crippen LogP contribution in [-0.4, -0.2) is 55.3 Å². The number of sulfonamides is 1. The Bertz CT molecular complexity index is 643. The molecule has 1 aromatic rings. The van der Waals surface area contributed by atoms with Crippen LogP contribution in [0.2, 0.25) is 0 Å². The highest BCUT2D eigenvalue weighted by Gasteiger charge is 2.35. The topological polar surface area (TPSA) is 83.8 Å². The molecule has 1 aliphatic heterocycles. The molecule has 0 aromatic carbocycles. The molecule has 7 nitrogen and oxygen atoms in total. The van der Waals surface area contributed by atoms with E-state index in [2.05, 4.69) is 18.7 Å². The predicted molar refractivity (Wildman–Crippen MR) is 85.6 cm³/mol. The van der Waals surface area contributed by atoms with Gasteiger partial charge in [-0.15, -0.1) is 0 Å². The number of thiophene rings is 1. The van der Waals surface area contributed by atoms with Crippen LogP contribution in [0.3, 0.4) is 0 Å². The van der Waals surface area contributed by atoms with Gasteiger partial charge in [0.05, 0.1) is 4.92 Å². The summed E-state index contributed by atoms with van der Waals surface area (Å²) >= 11 is 0.840. The zero-order valence-corrected chi connectivity index (χ0v) is 14.6. The predicted octanol–water partition coefficient (Wildman–Crippen LogP) is 2.01. The van der Waals surface area contributed by atoms with E-state index in [1.165, 1.54) is 9.69 Å². The third-order valence-electron chi connectivity index (χ3n) is 4.28. The minimum atomic E-state index is -3.69. The van der Waals surface area contributed by atoms with E-state index in [-0.39, 0.29) is 21.9 Å². The molecule has 0 bridgehead atoms. The van der Waals surface area contributed by atoms with E-state index in [0.717, 1.165) is 43.5 Å². The van der Waals surface area contributed by atoms with Gasteiger partial charge in [0.1, 0.15) is 4.90 Å². The standard InChI is InChI=1S/C13H21N3O4S2/c1-4-15-6-5-12(10(2)8-15)14(3)22(19,20)11-7-13(16(17)18)21-9-11/h7,9-10,12H,4-6,8H2,1-3H3/t10-,12+/m0/s1. The molecule has 2 atom stereocenters. The Labute approximate surface area is 134 Å². The van der Waals surface area contributed by atoms with Gasteiger partial charge in [-0.05, 0) is 25.4 Å². The number of piperidine rings is 1. The normalized spacial score (nSPS) is 23.8. The zero-order valence-electron chi connectivity index (χ0n) is 12.9. The van der Waals surface area contributed by atoms with Crippen molar-refractivity contribution in [2.24, 2.45) is 5.92 Å². The van der Waals surface area contributed by atoms with Crippen LogP contribution in [0.15, 0.2) is 16.3 Å². The maximum absolute atomic E-state index is 12.7. The van der Waals surface area contributed by atoms with Gasteiger partial charge in [0.25, 0.3) is 0 Å². The number of hydrogen-bond donors (Lipinski definition) is 0. The molecule has 0 spiro atoms. The molecular weight excluding hydrogens is 326 g/mol. The fourth-order valence-electron chi connectivity index (χ4n) is 2.93. The molecule has 2 rings (SSSR count). The van der Waals surface area contributed by atoms with Crippen molar-refractivity contribution in [1.82, 2.24) is 9.21 Å². The lowest BCUT2D eigenvalue weighted by Gasteiger charge is -2.40. The van der Waals surface area contributed by atoms with Gasteiger partial charge < -0.3 is 4.90 Å². The van der Waals surface area contributed by atoms with Crippen LogP contribution < -0.4 is 0 Å². The first kappa shape index (κ1) is 17.3. The molecule has 124 valence electrons. The van der Waals surface area contributed by atoms with Crippen LogP contribution in [0.25, 0.3) is 0 Å².